The molecule has 0 N–H and O–H groups in total. The van der Waals surface area contributed by atoms with Crippen molar-refractivity contribution in [3.63, 3.8) is 0 Å². The van der Waals surface area contributed by atoms with Crippen LogP contribution in [-0.2, 0) is 21.3 Å². The summed E-state index contributed by atoms with van der Waals surface area (Å²) in [7, 11) is -4.77. The first-order valence-corrected chi connectivity index (χ1v) is 24.3. The summed E-state index contributed by atoms with van der Waals surface area (Å²) in [6.45, 7) is 2.00. The van der Waals surface area contributed by atoms with Gasteiger partial charge < -0.3 is 45.5 Å². The molecule has 0 unspecified atom stereocenters. The normalized spacial score (nSPS) is 9.84. The average Bonchev–Trinajstić information content (AvgIpc) is 3.40. The van der Waals surface area contributed by atoms with Crippen LogP contribution in [0.25, 0.3) is 0 Å². The number of para-hydroxylation sites is 9. The first kappa shape index (κ1) is 52.6. The Balaban J connectivity index is 0.000000188. The second kappa shape index (κ2) is 31.6. The molecular weight excluding hydrogens is 972 g/mol. The molecule has 14 heteroatoms. The van der Waals surface area contributed by atoms with Gasteiger partial charge in [0, 0.05) is 16.5 Å². The Kier molecular flexibility index (Phi) is 24.1. The molecule has 352 valence electrons. The zero-order valence-electron chi connectivity index (χ0n) is 36.9. The minimum atomic E-state index is -1.59. The van der Waals surface area contributed by atoms with Crippen molar-refractivity contribution in [3.05, 3.63) is 273 Å². The smallest absolute Gasteiger partial charge is 0.409 e. The van der Waals surface area contributed by atoms with Crippen molar-refractivity contribution < 1.29 is 62.0 Å². The summed E-state index contributed by atoms with van der Waals surface area (Å²) in [5.41, 5.74) is 0. The molecule has 9 rings (SSSR count). The van der Waals surface area contributed by atoms with Crippen molar-refractivity contribution >= 4 is 32.6 Å². The van der Waals surface area contributed by atoms with Crippen molar-refractivity contribution in [3.8, 4) is 51.7 Å². The first-order chi connectivity index (χ1) is 33.7. The Morgan fingerprint density at radius 1 is 0.188 bits per heavy atom. The molecule has 0 spiro atoms. The number of carbonyl (C=O) groups is 1. The van der Waals surface area contributed by atoms with Gasteiger partial charge in [0.1, 0.15) is 58.5 Å². The van der Waals surface area contributed by atoms with Gasteiger partial charge >= 0.3 is 25.8 Å². The summed E-state index contributed by atoms with van der Waals surface area (Å²) >= 11 is 0. The number of hydrogen-bond acceptors (Lipinski definition) is 10. The van der Waals surface area contributed by atoms with Crippen molar-refractivity contribution in [2.75, 3.05) is 0 Å². The maximum absolute atomic E-state index is 8.00. The zero-order chi connectivity index (χ0) is 47.1. The summed E-state index contributed by atoms with van der Waals surface area (Å²) in [6.07, 6.45) is 0. The van der Waals surface area contributed by atoms with E-state index in [-0.39, 0.29) is 16.5 Å². The van der Waals surface area contributed by atoms with Crippen molar-refractivity contribution in [2.24, 2.45) is 0 Å². The van der Waals surface area contributed by atoms with Crippen LogP contribution >= 0.6 is 25.8 Å². The molecule has 10 nitrogen and oxygen atoms in total. The second-order valence-corrected chi connectivity index (χ2v) is 16.3. The number of rotatable bonds is 18. The fourth-order valence-corrected chi connectivity index (χ4v) is 8.25. The van der Waals surface area contributed by atoms with Gasteiger partial charge in [-0.25, -0.2) is 0 Å². The van der Waals surface area contributed by atoms with Crippen molar-refractivity contribution in [2.45, 2.75) is 0 Å². The maximum atomic E-state index is 8.00. The third-order valence-corrected chi connectivity index (χ3v) is 11.5. The van der Waals surface area contributed by atoms with Gasteiger partial charge in [0.05, 0.1) is 0 Å². The van der Waals surface area contributed by atoms with E-state index in [4.69, 9.17) is 45.5 Å². The maximum Gasteiger partial charge on any atom is 0.530 e. The fraction of sp³-hybridized carbons (Fsp3) is 0. The fourth-order valence-electron chi connectivity index (χ4n) is 5.27. The number of hydrogen-bond donors (Lipinski definition) is 0. The summed E-state index contributed by atoms with van der Waals surface area (Å²) < 4.78 is 52.6. The van der Waals surface area contributed by atoms with E-state index in [2.05, 4.69) is 0 Å². The Morgan fingerprint density at radius 3 is 0.362 bits per heavy atom. The SMILES string of the molecule is C=O.[Ni].c1ccc(OP(Oc2ccccc2)Oc2ccccc2)cc1.c1ccc(OP(Oc2ccccc2)Oc2ccccc2)cc1.c1ccc(OP(Oc2ccccc2)Oc2ccccc2)cc1. The minimum absolute atomic E-state index is 0. The summed E-state index contributed by atoms with van der Waals surface area (Å²) in [4.78, 5) is 8.00. The van der Waals surface area contributed by atoms with Crippen LogP contribution in [0.2, 0.25) is 0 Å². The van der Waals surface area contributed by atoms with Gasteiger partial charge in [-0.3, -0.25) is 0 Å². The molecule has 0 amide bonds. The van der Waals surface area contributed by atoms with Crippen LogP contribution in [0.15, 0.2) is 273 Å². The summed E-state index contributed by atoms with van der Waals surface area (Å²) in [5.74, 6) is 6.38. The van der Waals surface area contributed by atoms with E-state index < -0.39 is 25.8 Å². The van der Waals surface area contributed by atoms with E-state index in [0.717, 1.165) is 0 Å². The molecule has 9 aromatic carbocycles. The standard InChI is InChI=1S/3C18H15O3P.CH2O.Ni/c3*1-4-10-16(11-5-1)19-22(20-17-12-6-2-7-13-17)21-18-14-8-3-9-15-18;1-2;/h3*1-15H;1H2;. The third-order valence-electron chi connectivity index (χ3n) is 8.31. The van der Waals surface area contributed by atoms with Gasteiger partial charge in [-0.1, -0.05) is 164 Å². The zero-order valence-corrected chi connectivity index (χ0v) is 40.6. The number of carbonyl (C=O) groups excluding carboxylic acids is 1. The number of benzene rings is 9. The Hall–Kier alpha value is -7.37. The summed E-state index contributed by atoms with van der Waals surface area (Å²) in [5, 5.41) is 0. The molecule has 69 heavy (non-hydrogen) atoms. The van der Waals surface area contributed by atoms with Gasteiger partial charge in [-0.05, 0) is 109 Å². The van der Waals surface area contributed by atoms with Gasteiger partial charge in [0.2, 0.25) is 0 Å². The van der Waals surface area contributed by atoms with Crippen LogP contribution in [0.4, 0.5) is 0 Å². The molecule has 0 bridgehead atoms. The van der Waals surface area contributed by atoms with Gasteiger partial charge in [-0.2, -0.15) is 0 Å². The molecule has 0 fully saturated rings. The molecule has 0 saturated carbocycles. The van der Waals surface area contributed by atoms with Crippen LogP contribution in [-0.4, -0.2) is 6.79 Å². The van der Waals surface area contributed by atoms with Crippen LogP contribution < -0.4 is 40.7 Å². The summed E-state index contributed by atoms with van der Waals surface area (Å²) in [6, 6.07) is 85.5. The van der Waals surface area contributed by atoms with E-state index in [0.29, 0.717) is 51.7 Å². The Bertz CT molecular complexity index is 2050. The predicted molar refractivity (Wildman–Crippen MR) is 272 cm³/mol. The molecule has 0 atom stereocenters. The second-order valence-electron chi connectivity index (χ2n) is 13.3. The molecule has 0 aliphatic heterocycles. The van der Waals surface area contributed by atoms with E-state index in [1.54, 1.807) is 0 Å². The van der Waals surface area contributed by atoms with Crippen molar-refractivity contribution in [1.82, 2.24) is 0 Å². The molecule has 0 aliphatic carbocycles. The van der Waals surface area contributed by atoms with Crippen molar-refractivity contribution in [1.29, 1.82) is 0 Å². The van der Waals surface area contributed by atoms with E-state index in [1.165, 1.54) is 0 Å². The van der Waals surface area contributed by atoms with Crippen LogP contribution in [0.1, 0.15) is 0 Å². The molecular formula is C55H47NiO10P3. The topological polar surface area (TPSA) is 100 Å². The monoisotopic (exact) mass is 1020 g/mol. The molecule has 9 aromatic rings. The largest absolute Gasteiger partial charge is 0.530 e. The first-order valence-electron chi connectivity index (χ1n) is 21.0. The Labute approximate surface area is 417 Å². The molecule has 0 saturated heterocycles. The molecule has 0 aliphatic rings. The predicted octanol–water partition coefficient (Wildman–Crippen LogP) is 16.2. The van der Waals surface area contributed by atoms with E-state index in [9.17, 15) is 0 Å². The van der Waals surface area contributed by atoms with Crippen LogP contribution in [0, 0.1) is 0 Å². The van der Waals surface area contributed by atoms with E-state index >= 15 is 0 Å². The molecule has 0 aromatic heterocycles. The van der Waals surface area contributed by atoms with Gasteiger partial charge in [0.25, 0.3) is 0 Å². The van der Waals surface area contributed by atoms with Gasteiger partial charge in [-0.15, -0.1) is 0 Å². The van der Waals surface area contributed by atoms with Crippen LogP contribution in [0.5, 0.6) is 51.7 Å². The molecule has 0 heterocycles. The van der Waals surface area contributed by atoms with Crippen LogP contribution in [0.3, 0.4) is 0 Å². The van der Waals surface area contributed by atoms with E-state index in [1.807, 2.05) is 280 Å². The molecule has 0 radical (unpaired) electrons. The minimum Gasteiger partial charge on any atom is -0.409 e. The Morgan fingerprint density at radius 2 is 0.275 bits per heavy atom. The third kappa shape index (κ3) is 20.6. The quantitative estimate of drug-likeness (QED) is 0.0610. The van der Waals surface area contributed by atoms with Gasteiger partial charge in [0.15, 0.2) is 0 Å². The average molecular weight is 1020 g/mol.